The lowest BCUT2D eigenvalue weighted by molar-refractivity contribution is 0.206. The van der Waals surface area contributed by atoms with Crippen LogP contribution in [0, 0.1) is 5.82 Å². The van der Waals surface area contributed by atoms with Crippen LogP contribution in [0.2, 0.25) is 0 Å². The molecule has 0 saturated carbocycles. The lowest BCUT2D eigenvalue weighted by atomic mass is 10.0. The Balaban J connectivity index is 1.37. The Kier molecular flexibility index (Phi) is 4.70. The van der Waals surface area contributed by atoms with Crippen LogP contribution in [0.3, 0.4) is 0 Å². The number of hydrogen-bond donors (Lipinski definition) is 1. The first kappa shape index (κ1) is 17.0. The van der Waals surface area contributed by atoms with Gasteiger partial charge in [0.1, 0.15) is 11.6 Å². The van der Waals surface area contributed by atoms with Crippen molar-refractivity contribution in [3.8, 4) is 11.6 Å². The van der Waals surface area contributed by atoms with E-state index in [1.807, 2.05) is 12.1 Å². The van der Waals surface area contributed by atoms with Gasteiger partial charge in [0.2, 0.25) is 5.88 Å². The van der Waals surface area contributed by atoms with Crippen LogP contribution in [0.25, 0.3) is 0 Å². The van der Waals surface area contributed by atoms with Crippen molar-refractivity contribution < 1.29 is 13.9 Å². The summed E-state index contributed by atoms with van der Waals surface area (Å²) in [5.41, 5.74) is 3.07. The lowest BCUT2D eigenvalue weighted by Crippen LogP contribution is -2.38. The number of urea groups is 1. The van der Waals surface area contributed by atoms with Gasteiger partial charge in [-0.05, 0) is 47.9 Å². The fourth-order valence-corrected chi connectivity index (χ4v) is 3.01. The van der Waals surface area contributed by atoms with Crippen molar-refractivity contribution in [2.45, 2.75) is 13.0 Å². The van der Waals surface area contributed by atoms with Crippen LogP contribution in [0.4, 0.5) is 14.9 Å². The number of carbonyl (C=O) groups is 1. The molecule has 4 rings (SSSR count). The van der Waals surface area contributed by atoms with E-state index < -0.39 is 0 Å². The molecule has 3 aromatic rings. The molecule has 0 bridgehead atoms. The second kappa shape index (κ2) is 7.45. The predicted octanol–water partition coefficient (Wildman–Crippen LogP) is 4.60. The smallest absolute Gasteiger partial charge is 0.322 e. The third-order valence-electron chi connectivity index (χ3n) is 4.44. The van der Waals surface area contributed by atoms with Crippen molar-refractivity contribution in [2.24, 2.45) is 0 Å². The van der Waals surface area contributed by atoms with Gasteiger partial charge in [-0.25, -0.2) is 14.2 Å². The number of pyridine rings is 1. The molecule has 0 atom stereocenters. The minimum Gasteiger partial charge on any atom is -0.439 e. The van der Waals surface area contributed by atoms with Gasteiger partial charge in [0, 0.05) is 19.2 Å². The molecule has 27 heavy (non-hydrogen) atoms. The second-order valence-corrected chi connectivity index (χ2v) is 6.31. The summed E-state index contributed by atoms with van der Waals surface area (Å²) in [6.07, 6.45) is 2.39. The quantitative estimate of drug-likeness (QED) is 0.740. The number of fused-ring (bicyclic) bond motifs is 1. The van der Waals surface area contributed by atoms with Crippen LogP contribution in [-0.2, 0) is 13.0 Å². The average molecular weight is 363 g/mol. The fourth-order valence-electron chi connectivity index (χ4n) is 3.01. The van der Waals surface area contributed by atoms with Crippen LogP contribution >= 0.6 is 0 Å². The molecular weight excluding hydrogens is 345 g/mol. The van der Waals surface area contributed by atoms with E-state index in [-0.39, 0.29) is 11.8 Å². The molecule has 2 amide bonds. The van der Waals surface area contributed by atoms with E-state index in [9.17, 15) is 9.18 Å². The normalized spacial score (nSPS) is 13.0. The van der Waals surface area contributed by atoms with Crippen LogP contribution in [0.5, 0.6) is 11.6 Å². The van der Waals surface area contributed by atoms with Crippen LogP contribution in [0.15, 0.2) is 66.9 Å². The summed E-state index contributed by atoms with van der Waals surface area (Å²) in [6, 6.07) is 17.1. The highest BCUT2D eigenvalue weighted by Gasteiger charge is 2.20. The van der Waals surface area contributed by atoms with Crippen molar-refractivity contribution in [3.05, 3.63) is 83.8 Å². The van der Waals surface area contributed by atoms with E-state index in [0.717, 1.165) is 6.42 Å². The van der Waals surface area contributed by atoms with Gasteiger partial charge in [0.25, 0.3) is 0 Å². The Hall–Kier alpha value is -3.41. The number of ether oxygens (including phenoxy) is 1. The van der Waals surface area contributed by atoms with E-state index in [1.165, 1.54) is 41.6 Å². The van der Waals surface area contributed by atoms with Crippen LogP contribution < -0.4 is 10.1 Å². The van der Waals surface area contributed by atoms with Gasteiger partial charge in [0.05, 0.1) is 11.9 Å². The minimum atomic E-state index is -0.325. The highest BCUT2D eigenvalue weighted by Crippen LogP contribution is 2.22. The number of nitrogens with zero attached hydrogens (tertiary/aromatic N) is 2. The molecule has 0 saturated heterocycles. The average Bonchev–Trinajstić information content (AvgIpc) is 2.71. The maximum Gasteiger partial charge on any atom is 0.322 e. The van der Waals surface area contributed by atoms with Gasteiger partial charge in [0.15, 0.2) is 0 Å². The van der Waals surface area contributed by atoms with Crippen molar-refractivity contribution >= 4 is 11.7 Å². The van der Waals surface area contributed by atoms with Gasteiger partial charge in [-0.15, -0.1) is 0 Å². The molecule has 0 radical (unpaired) electrons. The number of anilines is 1. The third-order valence-corrected chi connectivity index (χ3v) is 4.44. The van der Waals surface area contributed by atoms with Crippen molar-refractivity contribution in [3.63, 3.8) is 0 Å². The van der Waals surface area contributed by atoms with Crippen LogP contribution in [-0.4, -0.2) is 22.5 Å². The molecule has 1 N–H and O–H groups in total. The first-order chi connectivity index (χ1) is 13.2. The summed E-state index contributed by atoms with van der Waals surface area (Å²) >= 11 is 0. The molecule has 136 valence electrons. The first-order valence-corrected chi connectivity index (χ1v) is 8.69. The molecule has 0 spiro atoms. The van der Waals surface area contributed by atoms with Gasteiger partial charge in [-0.2, -0.15) is 0 Å². The molecular formula is C21H18FN3O2. The Morgan fingerprint density at radius 2 is 1.81 bits per heavy atom. The number of amides is 2. The molecule has 1 aromatic heterocycles. The Morgan fingerprint density at radius 1 is 1.04 bits per heavy atom. The topological polar surface area (TPSA) is 54.5 Å². The number of carbonyl (C=O) groups excluding carboxylic acids is 1. The number of benzene rings is 2. The summed E-state index contributed by atoms with van der Waals surface area (Å²) in [6.45, 7) is 1.28. The highest BCUT2D eigenvalue weighted by atomic mass is 19.1. The maximum absolute atomic E-state index is 12.9. The van der Waals surface area contributed by atoms with E-state index in [2.05, 4.69) is 22.4 Å². The molecule has 1 aliphatic rings. The standard InChI is InChI=1S/C21H18FN3O2/c22-17-5-8-19(9-6-17)27-20-10-7-18(13-23-20)24-21(26)25-12-11-15-3-1-2-4-16(15)14-25/h1-10,13H,11-12,14H2,(H,24,26). The van der Waals surface area contributed by atoms with Gasteiger partial charge >= 0.3 is 6.03 Å². The highest BCUT2D eigenvalue weighted by molar-refractivity contribution is 5.89. The summed E-state index contributed by atoms with van der Waals surface area (Å²) in [4.78, 5) is 18.5. The van der Waals surface area contributed by atoms with Crippen molar-refractivity contribution in [1.29, 1.82) is 0 Å². The van der Waals surface area contributed by atoms with E-state index in [4.69, 9.17) is 4.74 Å². The molecule has 6 heteroatoms. The second-order valence-electron chi connectivity index (χ2n) is 6.31. The van der Waals surface area contributed by atoms with Gasteiger partial charge in [-0.1, -0.05) is 24.3 Å². The molecule has 2 aromatic carbocycles. The Labute approximate surface area is 156 Å². The number of nitrogens with one attached hydrogen (secondary N) is 1. The van der Waals surface area contributed by atoms with E-state index in [1.54, 1.807) is 17.0 Å². The van der Waals surface area contributed by atoms with Gasteiger partial charge in [-0.3, -0.25) is 0 Å². The molecule has 5 nitrogen and oxygen atoms in total. The van der Waals surface area contributed by atoms with Crippen molar-refractivity contribution in [2.75, 3.05) is 11.9 Å². The van der Waals surface area contributed by atoms with Crippen molar-refractivity contribution in [1.82, 2.24) is 9.88 Å². The van der Waals surface area contributed by atoms with E-state index >= 15 is 0 Å². The monoisotopic (exact) mass is 363 g/mol. The minimum absolute atomic E-state index is 0.154. The molecule has 0 unspecified atom stereocenters. The first-order valence-electron chi connectivity index (χ1n) is 8.69. The van der Waals surface area contributed by atoms with Crippen LogP contribution in [0.1, 0.15) is 11.1 Å². The summed E-state index contributed by atoms with van der Waals surface area (Å²) in [7, 11) is 0. The SMILES string of the molecule is O=C(Nc1ccc(Oc2ccc(F)cc2)nc1)N1CCc2ccccc2C1. The zero-order valence-electron chi connectivity index (χ0n) is 14.6. The lowest BCUT2D eigenvalue weighted by Gasteiger charge is -2.28. The molecule has 1 aliphatic heterocycles. The summed E-state index contributed by atoms with van der Waals surface area (Å²) in [5.74, 6) is 0.535. The van der Waals surface area contributed by atoms with E-state index in [0.29, 0.717) is 30.4 Å². The molecule has 2 heterocycles. The number of halogens is 1. The fraction of sp³-hybridized carbons (Fsp3) is 0.143. The Morgan fingerprint density at radius 3 is 2.56 bits per heavy atom. The summed E-state index contributed by atoms with van der Waals surface area (Å²) < 4.78 is 18.5. The third kappa shape index (κ3) is 4.06. The molecule has 0 aliphatic carbocycles. The molecule has 0 fully saturated rings. The van der Waals surface area contributed by atoms with Gasteiger partial charge < -0.3 is 15.0 Å². The number of rotatable bonds is 3. The maximum atomic E-state index is 12.9. The largest absolute Gasteiger partial charge is 0.439 e. The zero-order chi connectivity index (χ0) is 18.6. The zero-order valence-corrected chi connectivity index (χ0v) is 14.6. The Bertz CT molecular complexity index is 942. The number of aromatic nitrogens is 1. The summed E-state index contributed by atoms with van der Waals surface area (Å²) in [5, 5.41) is 2.86. The predicted molar refractivity (Wildman–Crippen MR) is 100 cm³/mol. The number of hydrogen-bond acceptors (Lipinski definition) is 3.